The van der Waals surface area contributed by atoms with E-state index in [1.807, 2.05) is 0 Å². The number of hydrogen-bond donors (Lipinski definition) is 1. The summed E-state index contributed by atoms with van der Waals surface area (Å²) in [4.78, 5) is 7.01. The van der Waals surface area contributed by atoms with Crippen LogP contribution in [-0.4, -0.2) is 40.2 Å². The lowest BCUT2D eigenvalue weighted by molar-refractivity contribution is 0.127. The van der Waals surface area contributed by atoms with Gasteiger partial charge in [0.1, 0.15) is 0 Å². The van der Waals surface area contributed by atoms with E-state index in [-0.39, 0.29) is 6.04 Å². The number of unbranched alkanes of at least 4 members (excludes halogenated alkanes) is 1. The quantitative estimate of drug-likeness (QED) is 0.838. The van der Waals surface area contributed by atoms with Gasteiger partial charge in [-0.1, -0.05) is 32.3 Å². The minimum atomic E-state index is 0.230. The molecule has 0 amide bonds. The van der Waals surface area contributed by atoms with Crippen LogP contribution in [0.5, 0.6) is 0 Å². The lowest BCUT2D eigenvalue weighted by Gasteiger charge is -2.35. The minimum Gasteiger partial charge on any atom is -0.338 e. The van der Waals surface area contributed by atoms with Crippen molar-refractivity contribution in [2.75, 3.05) is 13.1 Å². The monoisotopic (exact) mass is 294 g/mol. The molecule has 1 aromatic rings. The molecule has 1 atom stereocenters. The number of nitrogens with zero attached hydrogens (tertiary/aromatic N) is 3. The van der Waals surface area contributed by atoms with Crippen LogP contribution in [0.4, 0.5) is 0 Å². The van der Waals surface area contributed by atoms with Gasteiger partial charge in [0.25, 0.3) is 0 Å². The first kappa shape index (κ1) is 16.4. The van der Waals surface area contributed by atoms with E-state index in [4.69, 9.17) is 4.52 Å². The first-order valence-corrected chi connectivity index (χ1v) is 8.42. The van der Waals surface area contributed by atoms with Gasteiger partial charge in [0, 0.05) is 31.6 Å². The highest BCUT2D eigenvalue weighted by molar-refractivity contribution is 4.94. The Morgan fingerprint density at radius 3 is 2.62 bits per heavy atom. The normalized spacial score (nSPS) is 19.3. The summed E-state index contributed by atoms with van der Waals surface area (Å²) in [5.41, 5.74) is 0. The molecule has 0 spiro atoms. The molecule has 1 fully saturated rings. The molecule has 1 aromatic heterocycles. The highest BCUT2D eigenvalue weighted by Crippen LogP contribution is 2.23. The fourth-order valence-electron chi connectivity index (χ4n) is 2.95. The van der Waals surface area contributed by atoms with Gasteiger partial charge in [0.15, 0.2) is 5.82 Å². The van der Waals surface area contributed by atoms with Gasteiger partial charge in [-0.15, -0.1) is 0 Å². The van der Waals surface area contributed by atoms with E-state index in [0.717, 1.165) is 44.1 Å². The third-order valence-electron chi connectivity index (χ3n) is 4.24. The molecule has 1 aliphatic rings. The maximum Gasteiger partial charge on any atom is 0.243 e. The third-order valence-corrected chi connectivity index (χ3v) is 4.24. The van der Waals surface area contributed by atoms with Crippen molar-refractivity contribution < 1.29 is 4.52 Å². The molecule has 2 heterocycles. The van der Waals surface area contributed by atoms with Gasteiger partial charge in [0.2, 0.25) is 5.89 Å². The number of nitrogens with one attached hydrogen (secondary N) is 1. The fourth-order valence-corrected chi connectivity index (χ4v) is 2.95. The van der Waals surface area contributed by atoms with Crippen molar-refractivity contribution in [3.63, 3.8) is 0 Å². The minimum absolute atomic E-state index is 0.230. The van der Waals surface area contributed by atoms with Crippen LogP contribution in [0.1, 0.15) is 71.1 Å². The molecular weight excluding hydrogens is 264 g/mol. The first-order chi connectivity index (χ1) is 10.1. The van der Waals surface area contributed by atoms with Crippen molar-refractivity contribution in [3.05, 3.63) is 11.7 Å². The van der Waals surface area contributed by atoms with Crippen LogP contribution in [0.3, 0.4) is 0 Å². The smallest absolute Gasteiger partial charge is 0.243 e. The Kier molecular flexibility index (Phi) is 6.18. The maximum atomic E-state index is 5.45. The Morgan fingerprint density at radius 2 is 2.00 bits per heavy atom. The largest absolute Gasteiger partial charge is 0.338 e. The lowest BCUT2D eigenvalue weighted by atomic mass is 10.0. The summed E-state index contributed by atoms with van der Waals surface area (Å²) in [6.45, 7) is 11.0. The van der Waals surface area contributed by atoms with Gasteiger partial charge in [0.05, 0.1) is 6.04 Å². The molecule has 0 aliphatic carbocycles. The van der Waals surface area contributed by atoms with Crippen LogP contribution < -0.4 is 5.32 Å². The zero-order valence-corrected chi connectivity index (χ0v) is 13.9. The van der Waals surface area contributed by atoms with Crippen molar-refractivity contribution in [3.8, 4) is 0 Å². The summed E-state index contributed by atoms with van der Waals surface area (Å²) in [5.74, 6) is 1.63. The summed E-state index contributed by atoms with van der Waals surface area (Å²) < 4.78 is 5.45. The van der Waals surface area contributed by atoms with E-state index >= 15 is 0 Å². The lowest BCUT2D eigenvalue weighted by Crippen LogP contribution is -2.45. The van der Waals surface area contributed by atoms with Crippen LogP contribution in [0.25, 0.3) is 0 Å². The standard InChI is InChI=1S/C16H30N4O/c1-5-6-7-15-18-16(21-19-15)13(4)20-10-8-14(9-11-20)17-12(2)3/h12-14,17H,5-11H2,1-4H3. The summed E-state index contributed by atoms with van der Waals surface area (Å²) >= 11 is 0. The molecule has 120 valence electrons. The van der Waals surface area contributed by atoms with Gasteiger partial charge in [-0.05, 0) is 26.2 Å². The molecule has 2 rings (SSSR count). The second kappa shape index (κ2) is 7.90. The van der Waals surface area contributed by atoms with Gasteiger partial charge in [-0.3, -0.25) is 4.90 Å². The van der Waals surface area contributed by atoms with Gasteiger partial charge < -0.3 is 9.84 Å². The van der Waals surface area contributed by atoms with Crippen molar-refractivity contribution in [1.29, 1.82) is 0 Å². The van der Waals surface area contributed by atoms with Gasteiger partial charge in [-0.25, -0.2) is 0 Å². The Labute approximate surface area is 128 Å². The number of hydrogen-bond acceptors (Lipinski definition) is 5. The highest BCUT2D eigenvalue weighted by atomic mass is 16.5. The molecule has 1 unspecified atom stereocenters. The van der Waals surface area contributed by atoms with Crippen LogP contribution >= 0.6 is 0 Å². The Balaban J connectivity index is 1.83. The average molecular weight is 294 g/mol. The molecule has 5 heteroatoms. The third kappa shape index (κ3) is 4.78. The van der Waals surface area contributed by atoms with Crippen molar-refractivity contribution in [1.82, 2.24) is 20.4 Å². The molecule has 5 nitrogen and oxygen atoms in total. The number of aryl methyl sites for hydroxylation is 1. The summed E-state index contributed by atoms with van der Waals surface area (Å²) in [5, 5.41) is 7.73. The number of rotatable bonds is 7. The molecule has 21 heavy (non-hydrogen) atoms. The predicted molar refractivity (Wildman–Crippen MR) is 84.2 cm³/mol. The maximum absolute atomic E-state index is 5.45. The number of aromatic nitrogens is 2. The number of piperidine rings is 1. The Hall–Kier alpha value is -0.940. The van der Waals surface area contributed by atoms with Crippen molar-refractivity contribution >= 4 is 0 Å². The van der Waals surface area contributed by atoms with Crippen LogP contribution in [0, 0.1) is 0 Å². The molecular formula is C16H30N4O. The second-order valence-corrected chi connectivity index (χ2v) is 6.46. The summed E-state index contributed by atoms with van der Waals surface area (Å²) in [6, 6.07) is 1.44. The predicted octanol–water partition coefficient (Wildman–Crippen LogP) is 2.94. The highest BCUT2D eigenvalue weighted by Gasteiger charge is 2.26. The van der Waals surface area contributed by atoms with Crippen LogP contribution in [0.15, 0.2) is 4.52 Å². The second-order valence-electron chi connectivity index (χ2n) is 6.46. The van der Waals surface area contributed by atoms with Crippen LogP contribution in [-0.2, 0) is 6.42 Å². The van der Waals surface area contributed by atoms with Crippen molar-refractivity contribution in [2.24, 2.45) is 0 Å². The van der Waals surface area contributed by atoms with E-state index in [9.17, 15) is 0 Å². The number of likely N-dealkylation sites (tertiary alicyclic amines) is 1. The molecule has 0 saturated carbocycles. The molecule has 0 radical (unpaired) electrons. The Bertz CT molecular complexity index is 410. The molecule has 1 saturated heterocycles. The zero-order valence-electron chi connectivity index (χ0n) is 13.9. The topological polar surface area (TPSA) is 54.2 Å². The van der Waals surface area contributed by atoms with E-state index in [1.165, 1.54) is 12.8 Å². The van der Waals surface area contributed by atoms with E-state index in [0.29, 0.717) is 12.1 Å². The molecule has 1 aliphatic heterocycles. The zero-order chi connectivity index (χ0) is 15.2. The molecule has 0 bridgehead atoms. The molecule has 0 aromatic carbocycles. The Morgan fingerprint density at radius 1 is 1.29 bits per heavy atom. The van der Waals surface area contributed by atoms with E-state index in [2.05, 4.69) is 48.1 Å². The average Bonchev–Trinajstić information content (AvgIpc) is 2.93. The first-order valence-electron chi connectivity index (χ1n) is 8.42. The summed E-state index contributed by atoms with van der Waals surface area (Å²) in [7, 11) is 0. The fraction of sp³-hybridized carbons (Fsp3) is 0.875. The van der Waals surface area contributed by atoms with Crippen molar-refractivity contribution in [2.45, 2.75) is 77.9 Å². The van der Waals surface area contributed by atoms with Crippen LogP contribution in [0.2, 0.25) is 0 Å². The van der Waals surface area contributed by atoms with E-state index in [1.54, 1.807) is 0 Å². The molecule has 1 N–H and O–H groups in total. The van der Waals surface area contributed by atoms with Gasteiger partial charge in [-0.2, -0.15) is 4.98 Å². The summed E-state index contributed by atoms with van der Waals surface area (Å²) in [6.07, 6.45) is 5.60. The van der Waals surface area contributed by atoms with E-state index < -0.39 is 0 Å². The SMILES string of the molecule is CCCCc1noc(C(C)N2CCC(NC(C)C)CC2)n1. The van der Waals surface area contributed by atoms with Gasteiger partial charge >= 0.3 is 0 Å².